The van der Waals surface area contributed by atoms with Crippen LogP contribution in [0.25, 0.3) is 0 Å². The highest BCUT2D eigenvalue weighted by atomic mass is 16.5. The zero-order valence-corrected chi connectivity index (χ0v) is 11.5. The molecule has 1 aromatic rings. The van der Waals surface area contributed by atoms with Crippen LogP contribution in [0.4, 0.5) is 0 Å². The van der Waals surface area contributed by atoms with Crippen molar-refractivity contribution in [3.8, 4) is 11.5 Å². The van der Waals surface area contributed by atoms with Crippen LogP contribution in [0.3, 0.4) is 0 Å². The van der Waals surface area contributed by atoms with E-state index in [2.05, 4.69) is 4.90 Å². The minimum absolute atomic E-state index is 0.110. The number of rotatable bonds is 4. The molecule has 2 saturated heterocycles. The second-order valence-electron chi connectivity index (χ2n) is 5.65. The Kier molecular flexibility index (Phi) is 3.30. The third-order valence-electron chi connectivity index (χ3n) is 4.64. The second kappa shape index (κ2) is 4.98. The van der Waals surface area contributed by atoms with Crippen molar-refractivity contribution in [3.63, 3.8) is 0 Å². The molecule has 0 amide bonds. The molecule has 0 aromatic heterocycles. The van der Waals surface area contributed by atoms with Crippen molar-refractivity contribution in [2.45, 2.75) is 37.9 Å². The molecule has 2 fully saturated rings. The monoisotopic (exact) mass is 277 g/mol. The van der Waals surface area contributed by atoms with Gasteiger partial charge in [0, 0.05) is 30.3 Å². The molecule has 2 bridgehead atoms. The van der Waals surface area contributed by atoms with E-state index in [-0.39, 0.29) is 17.7 Å². The van der Waals surface area contributed by atoms with Crippen LogP contribution in [0.1, 0.15) is 24.8 Å². The summed E-state index contributed by atoms with van der Waals surface area (Å²) >= 11 is 0. The van der Waals surface area contributed by atoms with Gasteiger partial charge in [0.1, 0.15) is 11.5 Å². The molecule has 2 heterocycles. The van der Waals surface area contributed by atoms with Gasteiger partial charge in [-0.2, -0.15) is 0 Å². The Morgan fingerprint density at radius 2 is 2.25 bits per heavy atom. The summed E-state index contributed by atoms with van der Waals surface area (Å²) in [5.41, 5.74) is 0.828. The Morgan fingerprint density at radius 3 is 2.85 bits per heavy atom. The third-order valence-corrected chi connectivity index (χ3v) is 4.64. The predicted molar refractivity (Wildman–Crippen MR) is 72.8 cm³/mol. The predicted octanol–water partition coefficient (Wildman–Crippen LogP) is 1.84. The van der Waals surface area contributed by atoms with Crippen molar-refractivity contribution in [3.05, 3.63) is 23.8 Å². The SMILES string of the molecule is COc1ccc(CN2C3CCC2C(C(=O)O)C3)c(O)c1. The fourth-order valence-corrected chi connectivity index (χ4v) is 3.61. The number of fused-ring (bicyclic) bond motifs is 2. The molecule has 2 aliphatic heterocycles. The topological polar surface area (TPSA) is 70.0 Å². The summed E-state index contributed by atoms with van der Waals surface area (Å²) < 4.78 is 5.07. The summed E-state index contributed by atoms with van der Waals surface area (Å²) in [6.07, 6.45) is 2.74. The van der Waals surface area contributed by atoms with E-state index in [0.29, 0.717) is 18.3 Å². The van der Waals surface area contributed by atoms with Crippen LogP contribution >= 0.6 is 0 Å². The quantitative estimate of drug-likeness (QED) is 0.878. The Bertz CT molecular complexity index is 531. The highest BCUT2D eigenvalue weighted by molar-refractivity contribution is 5.71. The highest BCUT2D eigenvalue weighted by Gasteiger charge is 2.49. The fraction of sp³-hybridized carbons (Fsp3) is 0.533. The summed E-state index contributed by atoms with van der Waals surface area (Å²) in [7, 11) is 1.56. The van der Waals surface area contributed by atoms with Gasteiger partial charge in [-0.15, -0.1) is 0 Å². The Labute approximate surface area is 117 Å². The minimum atomic E-state index is -0.693. The molecule has 1 aromatic carbocycles. The van der Waals surface area contributed by atoms with Gasteiger partial charge in [-0.05, 0) is 25.3 Å². The lowest BCUT2D eigenvalue weighted by molar-refractivity contribution is -0.142. The highest BCUT2D eigenvalue weighted by Crippen LogP contribution is 2.43. The Morgan fingerprint density at radius 1 is 1.45 bits per heavy atom. The van der Waals surface area contributed by atoms with Crippen LogP contribution in [0.2, 0.25) is 0 Å². The Hall–Kier alpha value is -1.75. The molecule has 5 nitrogen and oxygen atoms in total. The summed E-state index contributed by atoms with van der Waals surface area (Å²) in [6, 6.07) is 5.72. The molecule has 108 valence electrons. The average Bonchev–Trinajstić information content (AvgIpc) is 2.98. The number of hydrogen-bond donors (Lipinski definition) is 2. The summed E-state index contributed by atoms with van der Waals surface area (Å²) in [4.78, 5) is 13.5. The summed E-state index contributed by atoms with van der Waals surface area (Å²) in [6.45, 7) is 0.606. The van der Waals surface area contributed by atoms with Crippen LogP contribution in [-0.2, 0) is 11.3 Å². The van der Waals surface area contributed by atoms with Crippen molar-refractivity contribution in [1.82, 2.24) is 4.90 Å². The van der Waals surface area contributed by atoms with E-state index in [9.17, 15) is 15.0 Å². The maximum absolute atomic E-state index is 11.2. The maximum Gasteiger partial charge on any atom is 0.308 e. The number of ether oxygens (including phenoxy) is 1. The summed E-state index contributed by atoms with van der Waals surface area (Å²) in [5.74, 6) is -0.114. The molecular weight excluding hydrogens is 258 g/mol. The molecule has 2 aliphatic rings. The molecule has 2 N–H and O–H groups in total. The normalized spacial score (nSPS) is 28.8. The van der Waals surface area contributed by atoms with E-state index in [1.165, 1.54) is 0 Å². The van der Waals surface area contributed by atoms with Crippen LogP contribution in [-0.4, -0.2) is 40.3 Å². The van der Waals surface area contributed by atoms with Crippen LogP contribution in [0, 0.1) is 5.92 Å². The molecule has 0 radical (unpaired) electrons. The third kappa shape index (κ3) is 2.12. The van der Waals surface area contributed by atoms with Crippen molar-refractivity contribution >= 4 is 5.97 Å². The first-order chi connectivity index (χ1) is 9.60. The van der Waals surface area contributed by atoms with Crippen molar-refractivity contribution in [2.24, 2.45) is 5.92 Å². The molecule has 5 heteroatoms. The molecule has 3 atom stereocenters. The number of hydrogen-bond acceptors (Lipinski definition) is 4. The number of nitrogens with zero attached hydrogens (tertiary/aromatic N) is 1. The lowest BCUT2D eigenvalue weighted by atomic mass is 9.89. The first kappa shape index (κ1) is 13.2. The zero-order valence-electron chi connectivity index (χ0n) is 11.5. The average molecular weight is 277 g/mol. The Balaban J connectivity index is 1.77. The van der Waals surface area contributed by atoms with Crippen LogP contribution in [0.5, 0.6) is 11.5 Å². The summed E-state index contributed by atoms with van der Waals surface area (Å²) in [5, 5.41) is 19.3. The van der Waals surface area contributed by atoms with E-state index in [4.69, 9.17) is 4.74 Å². The lowest BCUT2D eigenvalue weighted by Crippen LogP contribution is -2.32. The lowest BCUT2D eigenvalue weighted by Gasteiger charge is -2.23. The number of aromatic hydroxyl groups is 1. The van der Waals surface area contributed by atoms with Crippen molar-refractivity contribution < 1.29 is 19.7 Å². The molecule has 3 rings (SSSR count). The van der Waals surface area contributed by atoms with Gasteiger partial charge in [0.15, 0.2) is 0 Å². The molecular formula is C15H19NO4. The van der Waals surface area contributed by atoms with E-state index in [1.807, 2.05) is 12.1 Å². The minimum Gasteiger partial charge on any atom is -0.507 e. The first-order valence-electron chi connectivity index (χ1n) is 6.94. The number of benzene rings is 1. The number of carboxylic acid groups (broad SMARTS) is 1. The van der Waals surface area contributed by atoms with Crippen molar-refractivity contribution in [1.29, 1.82) is 0 Å². The number of aliphatic carboxylic acids is 1. The van der Waals surface area contributed by atoms with E-state index < -0.39 is 5.97 Å². The second-order valence-corrected chi connectivity index (χ2v) is 5.65. The van der Waals surface area contributed by atoms with Crippen molar-refractivity contribution in [2.75, 3.05) is 7.11 Å². The van der Waals surface area contributed by atoms with Gasteiger partial charge >= 0.3 is 5.97 Å². The van der Waals surface area contributed by atoms with E-state index in [0.717, 1.165) is 24.8 Å². The van der Waals surface area contributed by atoms with E-state index in [1.54, 1.807) is 13.2 Å². The maximum atomic E-state index is 11.2. The van der Waals surface area contributed by atoms with Crippen LogP contribution < -0.4 is 4.74 Å². The van der Waals surface area contributed by atoms with Gasteiger partial charge in [0.05, 0.1) is 13.0 Å². The van der Waals surface area contributed by atoms with Gasteiger partial charge in [-0.3, -0.25) is 9.69 Å². The van der Waals surface area contributed by atoms with Gasteiger partial charge in [-0.25, -0.2) is 0 Å². The molecule has 0 saturated carbocycles. The molecule has 0 aliphatic carbocycles. The van der Waals surface area contributed by atoms with Gasteiger partial charge in [0.25, 0.3) is 0 Å². The number of carboxylic acids is 1. The number of phenolic OH excluding ortho intramolecular Hbond substituents is 1. The van der Waals surface area contributed by atoms with E-state index >= 15 is 0 Å². The zero-order chi connectivity index (χ0) is 14.3. The van der Waals surface area contributed by atoms with Crippen LogP contribution in [0.15, 0.2) is 18.2 Å². The smallest absolute Gasteiger partial charge is 0.308 e. The molecule has 0 spiro atoms. The molecule has 20 heavy (non-hydrogen) atoms. The van der Waals surface area contributed by atoms with Gasteiger partial charge < -0.3 is 14.9 Å². The van der Waals surface area contributed by atoms with Gasteiger partial charge in [-0.1, -0.05) is 6.07 Å². The number of methoxy groups -OCH3 is 1. The standard InChI is InChI=1S/C15H19NO4/c1-20-11-4-2-9(14(17)7-11)8-16-10-3-5-13(16)12(6-10)15(18)19/h2,4,7,10,12-13,17H,3,5-6,8H2,1H3,(H,18,19). The van der Waals surface area contributed by atoms with Gasteiger partial charge in [0.2, 0.25) is 0 Å². The number of phenols is 1. The number of carbonyl (C=O) groups is 1. The molecule has 3 unspecified atom stereocenters. The largest absolute Gasteiger partial charge is 0.507 e. The fourth-order valence-electron chi connectivity index (χ4n) is 3.61. The first-order valence-corrected chi connectivity index (χ1v) is 6.94.